The molecule has 0 unspecified atom stereocenters. The fraction of sp³-hybridized carbons (Fsp3) is 0.357. The number of hydrogen-bond donors (Lipinski definition) is 3. The van der Waals surface area contributed by atoms with Crippen LogP contribution in [0.2, 0.25) is 0 Å². The number of nitrogens with zero attached hydrogens (tertiary/aromatic N) is 1. The van der Waals surface area contributed by atoms with Gasteiger partial charge in [-0.3, -0.25) is 5.10 Å². The number of aromatic amines is 1. The SMILES string of the molecule is Nc1[nH]ncc1-c1cc2c(cc1O)CCCCC2. The standard InChI is InChI=1S/C14H17N3O/c15-14-12(8-16-17-14)11-6-9-4-2-1-3-5-10(9)7-13(11)18/h6-8,18H,1-5H2,(H3,15,16,17). The molecule has 18 heavy (non-hydrogen) atoms. The molecule has 2 aromatic rings. The monoisotopic (exact) mass is 243 g/mol. The molecule has 1 heterocycles. The van der Waals surface area contributed by atoms with Crippen LogP contribution in [0.25, 0.3) is 11.1 Å². The summed E-state index contributed by atoms with van der Waals surface area (Å²) in [7, 11) is 0. The molecule has 1 aromatic carbocycles. The van der Waals surface area contributed by atoms with Gasteiger partial charge in [-0.15, -0.1) is 0 Å². The van der Waals surface area contributed by atoms with Crippen LogP contribution in [0, 0.1) is 0 Å². The van der Waals surface area contributed by atoms with Crippen molar-refractivity contribution in [1.29, 1.82) is 0 Å². The van der Waals surface area contributed by atoms with Gasteiger partial charge in [0.1, 0.15) is 11.6 Å². The van der Waals surface area contributed by atoms with Crippen molar-refractivity contribution in [2.24, 2.45) is 0 Å². The summed E-state index contributed by atoms with van der Waals surface area (Å²) in [6.45, 7) is 0. The average molecular weight is 243 g/mol. The van der Waals surface area contributed by atoms with Gasteiger partial charge in [0.15, 0.2) is 0 Å². The first-order chi connectivity index (χ1) is 8.75. The Labute approximate surface area is 106 Å². The second-order valence-corrected chi connectivity index (χ2v) is 4.90. The fourth-order valence-electron chi connectivity index (χ4n) is 2.68. The third-order valence-corrected chi connectivity index (χ3v) is 3.67. The number of fused-ring (bicyclic) bond motifs is 1. The molecule has 0 aliphatic heterocycles. The maximum Gasteiger partial charge on any atom is 0.126 e. The van der Waals surface area contributed by atoms with Gasteiger partial charge in [0.25, 0.3) is 0 Å². The van der Waals surface area contributed by atoms with Gasteiger partial charge >= 0.3 is 0 Å². The van der Waals surface area contributed by atoms with Crippen molar-refractivity contribution in [1.82, 2.24) is 10.2 Å². The second-order valence-electron chi connectivity index (χ2n) is 4.90. The van der Waals surface area contributed by atoms with E-state index in [1.807, 2.05) is 6.07 Å². The fourth-order valence-corrected chi connectivity index (χ4v) is 2.68. The summed E-state index contributed by atoms with van der Waals surface area (Å²) in [5.74, 6) is 0.794. The van der Waals surface area contributed by atoms with Crippen molar-refractivity contribution >= 4 is 5.82 Å². The van der Waals surface area contributed by atoms with Crippen LogP contribution in [-0.2, 0) is 12.8 Å². The number of nitrogen functional groups attached to an aromatic ring is 1. The number of aromatic hydroxyl groups is 1. The van der Waals surface area contributed by atoms with Crippen LogP contribution in [0.5, 0.6) is 5.75 Å². The molecule has 0 saturated carbocycles. The summed E-state index contributed by atoms with van der Waals surface area (Å²) in [5.41, 5.74) is 9.98. The maximum absolute atomic E-state index is 10.2. The molecule has 3 rings (SSSR count). The van der Waals surface area contributed by atoms with Crippen molar-refractivity contribution < 1.29 is 5.11 Å². The number of aromatic nitrogens is 2. The molecule has 1 aliphatic carbocycles. The van der Waals surface area contributed by atoms with E-state index in [2.05, 4.69) is 16.3 Å². The van der Waals surface area contributed by atoms with E-state index in [1.54, 1.807) is 6.20 Å². The van der Waals surface area contributed by atoms with Crippen LogP contribution in [-0.4, -0.2) is 15.3 Å². The maximum atomic E-state index is 10.2. The quantitative estimate of drug-likeness (QED) is 0.674. The van der Waals surface area contributed by atoms with Gasteiger partial charge in [-0.05, 0) is 48.9 Å². The molecular weight excluding hydrogens is 226 g/mol. The zero-order valence-electron chi connectivity index (χ0n) is 10.2. The second kappa shape index (κ2) is 4.37. The Morgan fingerprint density at radius 1 is 1.06 bits per heavy atom. The van der Waals surface area contributed by atoms with Crippen LogP contribution < -0.4 is 5.73 Å². The molecule has 1 aliphatic rings. The molecule has 0 atom stereocenters. The minimum absolute atomic E-state index is 0.295. The van der Waals surface area contributed by atoms with Gasteiger partial charge in [0, 0.05) is 11.1 Å². The number of nitrogens with one attached hydrogen (secondary N) is 1. The van der Waals surface area contributed by atoms with Crippen molar-refractivity contribution in [3.8, 4) is 16.9 Å². The lowest BCUT2D eigenvalue weighted by atomic mass is 9.96. The van der Waals surface area contributed by atoms with Gasteiger partial charge in [-0.1, -0.05) is 6.42 Å². The van der Waals surface area contributed by atoms with Crippen molar-refractivity contribution in [2.45, 2.75) is 32.1 Å². The number of rotatable bonds is 1. The Kier molecular flexibility index (Phi) is 2.70. The van der Waals surface area contributed by atoms with E-state index in [0.717, 1.165) is 24.0 Å². The first-order valence-electron chi connectivity index (χ1n) is 6.39. The molecule has 4 nitrogen and oxygen atoms in total. The minimum Gasteiger partial charge on any atom is -0.507 e. The van der Waals surface area contributed by atoms with Crippen LogP contribution >= 0.6 is 0 Å². The molecule has 0 spiro atoms. The number of nitrogens with two attached hydrogens (primary N) is 1. The van der Waals surface area contributed by atoms with E-state index in [9.17, 15) is 5.11 Å². The summed E-state index contributed by atoms with van der Waals surface area (Å²) >= 11 is 0. The summed E-state index contributed by atoms with van der Waals surface area (Å²) in [5, 5.41) is 16.8. The highest BCUT2D eigenvalue weighted by Crippen LogP contribution is 2.36. The lowest BCUT2D eigenvalue weighted by molar-refractivity contribution is 0.476. The molecule has 0 amide bonds. The summed E-state index contributed by atoms with van der Waals surface area (Å²) < 4.78 is 0. The number of hydrogen-bond acceptors (Lipinski definition) is 3. The summed E-state index contributed by atoms with van der Waals surface area (Å²) in [6.07, 6.45) is 7.49. The van der Waals surface area contributed by atoms with Crippen molar-refractivity contribution in [3.63, 3.8) is 0 Å². The van der Waals surface area contributed by atoms with Crippen LogP contribution in [0.15, 0.2) is 18.3 Å². The van der Waals surface area contributed by atoms with Gasteiger partial charge in [-0.25, -0.2) is 0 Å². The number of phenols is 1. The van der Waals surface area contributed by atoms with E-state index in [-0.39, 0.29) is 0 Å². The van der Waals surface area contributed by atoms with Gasteiger partial charge in [0.2, 0.25) is 0 Å². The third kappa shape index (κ3) is 1.83. The van der Waals surface area contributed by atoms with Crippen molar-refractivity contribution in [3.05, 3.63) is 29.5 Å². The molecule has 0 saturated heterocycles. The summed E-state index contributed by atoms with van der Waals surface area (Å²) in [4.78, 5) is 0. The Hall–Kier alpha value is -1.97. The Bertz CT molecular complexity index is 574. The number of aryl methyl sites for hydroxylation is 2. The average Bonchev–Trinajstić information content (AvgIpc) is 2.64. The predicted octanol–water partition coefficient (Wildman–Crippen LogP) is 2.63. The van der Waals surface area contributed by atoms with Gasteiger partial charge in [0.05, 0.1) is 6.20 Å². The normalized spacial score (nSPS) is 15.1. The van der Waals surface area contributed by atoms with E-state index < -0.39 is 0 Å². The first-order valence-corrected chi connectivity index (χ1v) is 6.39. The van der Waals surface area contributed by atoms with Crippen LogP contribution in [0.4, 0.5) is 5.82 Å². The van der Waals surface area contributed by atoms with E-state index in [0.29, 0.717) is 11.6 Å². The van der Waals surface area contributed by atoms with Crippen LogP contribution in [0.3, 0.4) is 0 Å². The van der Waals surface area contributed by atoms with Gasteiger partial charge < -0.3 is 10.8 Å². The summed E-state index contributed by atoms with van der Waals surface area (Å²) in [6, 6.07) is 3.96. The van der Waals surface area contributed by atoms with Crippen molar-refractivity contribution in [2.75, 3.05) is 5.73 Å². The van der Waals surface area contributed by atoms with Gasteiger partial charge in [-0.2, -0.15) is 5.10 Å². The Morgan fingerprint density at radius 3 is 2.44 bits per heavy atom. The third-order valence-electron chi connectivity index (χ3n) is 3.67. The number of anilines is 1. The smallest absolute Gasteiger partial charge is 0.126 e. The molecule has 0 radical (unpaired) electrons. The van der Waals surface area contributed by atoms with E-state index >= 15 is 0 Å². The largest absolute Gasteiger partial charge is 0.507 e. The number of benzene rings is 1. The molecule has 0 fully saturated rings. The number of H-pyrrole nitrogens is 1. The first kappa shape index (κ1) is 11.1. The Morgan fingerprint density at radius 2 is 1.78 bits per heavy atom. The molecule has 4 N–H and O–H groups in total. The predicted molar refractivity (Wildman–Crippen MR) is 71.4 cm³/mol. The molecule has 1 aromatic heterocycles. The zero-order chi connectivity index (χ0) is 12.5. The highest BCUT2D eigenvalue weighted by atomic mass is 16.3. The highest BCUT2D eigenvalue weighted by molar-refractivity contribution is 5.78. The highest BCUT2D eigenvalue weighted by Gasteiger charge is 2.15. The number of phenolic OH excluding ortho intramolecular Hbond substituents is 1. The molecule has 94 valence electrons. The lowest BCUT2D eigenvalue weighted by Crippen LogP contribution is -1.94. The Balaban J connectivity index is 2.11. The lowest BCUT2D eigenvalue weighted by Gasteiger charge is -2.10. The van der Waals surface area contributed by atoms with Crippen LogP contribution in [0.1, 0.15) is 30.4 Å². The molecular formula is C14H17N3O. The molecule has 0 bridgehead atoms. The topological polar surface area (TPSA) is 74.9 Å². The minimum atomic E-state index is 0.295. The van der Waals surface area contributed by atoms with E-state index in [4.69, 9.17) is 5.73 Å². The molecule has 4 heteroatoms. The van der Waals surface area contributed by atoms with E-state index in [1.165, 1.54) is 30.4 Å². The zero-order valence-corrected chi connectivity index (χ0v) is 10.2.